The van der Waals surface area contributed by atoms with E-state index in [0.29, 0.717) is 11.8 Å². The first-order chi connectivity index (χ1) is 10.1. The van der Waals surface area contributed by atoms with Crippen molar-refractivity contribution >= 4 is 21.6 Å². The number of rotatable bonds is 4. The molecule has 0 saturated carbocycles. The van der Waals surface area contributed by atoms with Gasteiger partial charge in [0.05, 0.1) is 27.7 Å². The maximum atomic E-state index is 12.7. The molecule has 0 radical (unpaired) electrons. The first kappa shape index (κ1) is 16.8. The zero-order valence-electron chi connectivity index (χ0n) is 11.1. The van der Waals surface area contributed by atoms with E-state index in [1.54, 1.807) is 6.92 Å². The monoisotopic (exact) mass is 354 g/mol. The van der Waals surface area contributed by atoms with Crippen LogP contribution in [0, 0.1) is 6.92 Å². The Labute approximate surface area is 129 Å². The molecule has 0 atom stereocenters. The van der Waals surface area contributed by atoms with Gasteiger partial charge in [-0.05, 0) is 25.1 Å². The highest BCUT2D eigenvalue weighted by Crippen LogP contribution is 2.35. The summed E-state index contributed by atoms with van der Waals surface area (Å²) in [6, 6.07) is 3.87. The highest BCUT2D eigenvalue weighted by molar-refractivity contribution is 7.89. The molecule has 1 N–H and O–H groups in total. The van der Waals surface area contributed by atoms with Crippen molar-refractivity contribution in [2.75, 3.05) is 0 Å². The molecule has 1 heterocycles. The van der Waals surface area contributed by atoms with Crippen molar-refractivity contribution in [3.63, 3.8) is 0 Å². The molecule has 5 nitrogen and oxygen atoms in total. The van der Waals surface area contributed by atoms with Crippen molar-refractivity contribution in [1.29, 1.82) is 0 Å². The Morgan fingerprint density at radius 1 is 1.32 bits per heavy atom. The van der Waals surface area contributed by atoms with Crippen LogP contribution in [0.2, 0.25) is 5.02 Å². The molecule has 2 rings (SSSR count). The van der Waals surface area contributed by atoms with E-state index in [0.717, 1.165) is 12.1 Å². The zero-order chi connectivity index (χ0) is 16.5. The number of nitrogens with one attached hydrogen (secondary N) is 1. The predicted molar refractivity (Wildman–Crippen MR) is 71.7 cm³/mol. The number of nitrogens with zero attached hydrogens (tertiary/aromatic N) is 1. The first-order valence-electron chi connectivity index (χ1n) is 5.88. The van der Waals surface area contributed by atoms with Crippen LogP contribution in [0.4, 0.5) is 13.2 Å². The number of benzene rings is 1. The van der Waals surface area contributed by atoms with Crippen LogP contribution in [-0.4, -0.2) is 13.6 Å². The Morgan fingerprint density at radius 3 is 2.55 bits per heavy atom. The molecular weight excluding hydrogens is 345 g/mol. The lowest BCUT2D eigenvalue weighted by Gasteiger charge is -2.11. The summed E-state index contributed by atoms with van der Waals surface area (Å²) >= 11 is 5.45. The molecular formula is C12H10ClF3N2O3S. The topological polar surface area (TPSA) is 72.2 Å². The summed E-state index contributed by atoms with van der Waals surface area (Å²) in [5.74, 6) is 0.242. The van der Waals surface area contributed by atoms with E-state index in [-0.39, 0.29) is 12.3 Å². The van der Waals surface area contributed by atoms with Crippen molar-refractivity contribution < 1.29 is 26.1 Å². The Kier molecular flexibility index (Phi) is 4.50. The molecule has 0 unspecified atom stereocenters. The highest BCUT2D eigenvalue weighted by atomic mass is 35.5. The van der Waals surface area contributed by atoms with Crippen LogP contribution in [0.25, 0.3) is 0 Å². The van der Waals surface area contributed by atoms with Crippen molar-refractivity contribution in [2.24, 2.45) is 0 Å². The molecule has 0 aliphatic carbocycles. The van der Waals surface area contributed by atoms with Gasteiger partial charge in [-0.3, -0.25) is 0 Å². The van der Waals surface area contributed by atoms with Gasteiger partial charge in [-0.1, -0.05) is 16.8 Å². The summed E-state index contributed by atoms with van der Waals surface area (Å²) in [5.41, 5.74) is -0.660. The molecule has 0 amide bonds. The van der Waals surface area contributed by atoms with Crippen LogP contribution in [0.15, 0.2) is 33.7 Å². The number of aryl methyl sites for hydroxylation is 1. The Balaban J connectivity index is 2.26. The molecule has 0 aliphatic heterocycles. The zero-order valence-corrected chi connectivity index (χ0v) is 12.7. The van der Waals surface area contributed by atoms with E-state index in [1.165, 1.54) is 6.07 Å². The standard InChI is InChI=1S/C12H10ClF3N2O3S/c1-7-4-8(21-18-7)6-17-22(19,20)9-2-3-11(13)10(5-9)12(14,15)16/h2-5,17H,6H2,1H3. The van der Waals surface area contributed by atoms with Gasteiger partial charge >= 0.3 is 6.18 Å². The van der Waals surface area contributed by atoms with Gasteiger partial charge in [-0.25, -0.2) is 13.1 Å². The minimum absolute atomic E-state index is 0.229. The first-order valence-corrected chi connectivity index (χ1v) is 7.74. The molecule has 1 aromatic heterocycles. The predicted octanol–water partition coefficient (Wildman–Crippen LogP) is 3.13. The number of aromatic nitrogens is 1. The lowest BCUT2D eigenvalue weighted by molar-refractivity contribution is -0.137. The number of halogens is 4. The second-order valence-electron chi connectivity index (χ2n) is 4.40. The molecule has 1 aromatic carbocycles. The normalized spacial score (nSPS) is 12.6. The van der Waals surface area contributed by atoms with Crippen LogP contribution in [0.1, 0.15) is 17.0 Å². The largest absolute Gasteiger partial charge is 0.417 e. The fraction of sp³-hybridized carbons (Fsp3) is 0.250. The smallest absolute Gasteiger partial charge is 0.360 e. The molecule has 2 aromatic rings. The summed E-state index contributed by atoms with van der Waals surface area (Å²) in [6.45, 7) is 1.42. The van der Waals surface area contributed by atoms with E-state index >= 15 is 0 Å². The van der Waals surface area contributed by atoms with Gasteiger partial charge in [-0.2, -0.15) is 13.2 Å². The minimum Gasteiger partial charge on any atom is -0.360 e. The van der Waals surface area contributed by atoms with Gasteiger partial charge < -0.3 is 4.52 Å². The van der Waals surface area contributed by atoms with Crippen LogP contribution in [0.3, 0.4) is 0 Å². The number of hydrogen-bond acceptors (Lipinski definition) is 4. The van der Waals surface area contributed by atoms with Crippen molar-refractivity contribution in [1.82, 2.24) is 9.88 Å². The van der Waals surface area contributed by atoms with Crippen LogP contribution < -0.4 is 4.72 Å². The Bertz CT molecular complexity index is 787. The summed E-state index contributed by atoms with van der Waals surface area (Å²) < 4.78 is 69.2. The Morgan fingerprint density at radius 2 is 2.00 bits per heavy atom. The molecule has 22 heavy (non-hydrogen) atoms. The maximum absolute atomic E-state index is 12.7. The second kappa shape index (κ2) is 5.90. The molecule has 0 aliphatic rings. The van der Waals surface area contributed by atoms with E-state index in [4.69, 9.17) is 16.1 Å². The third kappa shape index (κ3) is 3.79. The van der Waals surface area contributed by atoms with Gasteiger partial charge in [0.1, 0.15) is 0 Å². The summed E-state index contributed by atoms with van der Waals surface area (Å²) in [4.78, 5) is -0.541. The molecule has 120 valence electrons. The lowest BCUT2D eigenvalue weighted by Crippen LogP contribution is -2.23. The van der Waals surface area contributed by atoms with Gasteiger partial charge in [0.2, 0.25) is 10.0 Å². The molecule has 0 fully saturated rings. The van der Waals surface area contributed by atoms with E-state index in [1.807, 2.05) is 0 Å². The number of alkyl halides is 3. The van der Waals surface area contributed by atoms with E-state index in [9.17, 15) is 21.6 Å². The Hall–Kier alpha value is -1.58. The molecule has 0 saturated heterocycles. The second-order valence-corrected chi connectivity index (χ2v) is 6.57. The van der Waals surface area contributed by atoms with Crippen LogP contribution in [-0.2, 0) is 22.7 Å². The summed E-state index contributed by atoms with van der Waals surface area (Å²) in [5, 5.41) is 3.00. The molecule has 10 heteroatoms. The van der Waals surface area contributed by atoms with E-state index < -0.39 is 31.7 Å². The van der Waals surface area contributed by atoms with Gasteiger partial charge in [0.25, 0.3) is 0 Å². The molecule has 0 bridgehead atoms. The van der Waals surface area contributed by atoms with Crippen LogP contribution >= 0.6 is 11.6 Å². The number of sulfonamides is 1. The van der Waals surface area contributed by atoms with Crippen LogP contribution in [0.5, 0.6) is 0 Å². The average Bonchev–Trinajstić information content (AvgIpc) is 2.81. The van der Waals surface area contributed by atoms with Crippen molar-refractivity contribution in [3.8, 4) is 0 Å². The minimum atomic E-state index is -4.75. The van der Waals surface area contributed by atoms with Crippen molar-refractivity contribution in [2.45, 2.75) is 24.5 Å². The molecule has 0 spiro atoms. The number of hydrogen-bond donors (Lipinski definition) is 1. The third-order valence-corrected chi connectivity index (χ3v) is 4.40. The fourth-order valence-corrected chi connectivity index (χ4v) is 2.88. The maximum Gasteiger partial charge on any atom is 0.417 e. The quantitative estimate of drug-likeness (QED) is 0.915. The third-order valence-electron chi connectivity index (χ3n) is 2.67. The summed E-state index contributed by atoms with van der Waals surface area (Å²) in [7, 11) is -4.15. The average molecular weight is 355 g/mol. The van der Waals surface area contributed by atoms with Gasteiger partial charge in [0.15, 0.2) is 5.76 Å². The summed E-state index contributed by atoms with van der Waals surface area (Å²) in [6.07, 6.45) is -4.75. The highest BCUT2D eigenvalue weighted by Gasteiger charge is 2.34. The lowest BCUT2D eigenvalue weighted by atomic mass is 10.2. The van der Waals surface area contributed by atoms with Crippen molar-refractivity contribution in [3.05, 3.63) is 46.3 Å². The van der Waals surface area contributed by atoms with Gasteiger partial charge in [0, 0.05) is 6.07 Å². The van der Waals surface area contributed by atoms with E-state index in [2.05, 4.69) is 9.88 Å². The SMILES string of the molecule is Cc1cc(CNS(=O)(=O)c2ccc(Cl)c(C(F)(F)F)c2)on1. The van der Waals surface area contributed by atoms with Gasteiger partial charge in [-0.15, -0.1) is 0 Å². The fourth-order valence-electron chi connectivity index (χ4n) is 1.64.